The maximum atomic E-state index is 11.8. The molecule has 1 aromatic heterocycles. The van der Waals surface area contributed by atoms with Gasteiger partial charge in [0.15, 0.2) is 0 Å². The van der Waals surface area contributed by atoms with Crippen LogP contribution < -0.4 is 0 Å². The van der Waals surface area contributed by atoms with E-state index in [-0.39, 0.29) is 12.2 Å². The van der Waals surface area contributed by atoms with E-state index in [1.54, 1.807) is 0 Å². The molecule has 0 saturated heterocycles. The molecule has 0 N–H and O–H groups in total. The SMILES string of the molecule is COCCOC(=O)/C(C#N)=C\c1ccn(-c2ccccc2)c1. The number of carbonyl (C=O) groups is 1. The van der Waals surface area contributed by atoms with E-state index in [2.05, 4.69) is 0 Å². The molecule has 0 bridgehead atoms. The first-order chi connectivity index (χ1) is 10.7. The average molecular weight is 296 g/mol. The summed E-state index contributed by atoms with van der Waals surface area (Å²) in [5.41, 5.74) is 1.72. The normalized spacial score (nSPS) is 11.0. The summed E-state index contributed by atoms with van der Waals surface area (Å²) >= 11 is 0. The van der Waals surface area contributed by atoms with E-state index >= 15 is 0 Å². The molecule has 1 aromatic carbocycles. The largest absolute Gasteiger partial charge is 0.459 e. The van der Waals surface area contributed by atoms with Gasteiger partial charge in [0.2, 0.25) is 0 Å². The second-order valence-electron chi connectivity index (χ2n) is 4.49. The summed E-state index contributed by atoms with van der Waals surface area (Å²) < 4.78 is 11.6. The maximum absolute atomic E-state index is 11.8. The van der Waals surface area contributed by atoms with E-state index in [1.165, 1.54) is 13.2 Å². The van der Waals surface area contributed by atoms with Gasteiger partial charge in [-0.15, -0.1) is 0 Å². The number of para-hydroxylation sites is 1. The Hall–Kier alpha value is -2.84. The second kappa shape index (κ2) is 7.81. The van der Waals surface area contributed by atoms with Gasteiger partial charge in [-0.05, 0) is 29.8 Å². The molecule has 0 fully saturated rings. The van der Waals surface area contributed by atoms with Gasteiger partial charge in [0.1, 0.15) is 18.2 Å². The summed E-state index contributed by atoms with van der Waals surface area (Å²) in [5.74, 6) is -0.646. The molecule has 0 atom stereocenters. The van der Waals surface area contributed by atoms with Crippen molar-refractivity contribution >= 4 is 12.0 Å². The Labute approximate surface area is 129 Å². The molecule has 0 aliphatic rings. The monoisotopic (exact) mass is 296 g/mol. The molecule has 0 radical (unpaired) electrons. The molecule has 22 heavy (non-hydrogen) atoms. The minimum Gasteiger partial charge on any atom is -0.459 e. The van der Waals surface area contributed by atoms with Crippen molar-refractivity contribution in [3.8, 4) is 11.8 Å². The van der Waals surface area contributed by atoms with Crippen molar-refractivity contribution in [2.45, 2.75) is 0 Å². The number of hydrogen-bond acceptors (Lipinski definition) is 4. The third-order valence-corrected chi connectivity index (χ3v) is 2.94. The van der Waals surface area contributed by atoms with Gasteiger partial charge in [0.05, 0.1) is 6.61 Å². The van der Waals surface area contributed by atoms with E-state index in [9.17, 15) is 4.79 Å². The summed E-state index contributed by atoms with van der Waals surface area (Å²) in [4.78, 5) is 11.8. The highest BCUT2D eigenvalue weighted by Gasteiger charge is 2.11. The molecule has 0 amide bonds. The standard InChI is InChI=1S/C17H16N2O3/c1-21-9-10-22-17(20)15(12-18)11-14-7-8-19(13-14)16-5-3-2-4-6-16/h2-8,11,13H,9-10H2,1H3/b15-11-. The van der Waals surface area contributed by atoms with Gasteiger partial charge in [0.25, 0.3) is 0 Å². The first kappa shape index (κ1) is 15.5. The minimum absolute atomic E-state index is 0.0399. The molecule has 5 heteroatoms. The third kappa shape index (κ3) is 4.08. The Kier molecular flexibility index (Phi) is 5.52. The fourth-order valence-corrected chi connectivity index (χ4v) is 1.86. The van der Waals surface area contributed by atoms with Gasteiger partial charge in [0, 0.05) is 25.2 Å². The molecule has 2 rings (SSSR count). The third-order valence-electron chi connectivity index (χ3n) is 2.94. The molecule has 0 aliphatic carbocycles. The minimum atomic E-state index is -0.646. The van der Waals surface area contributed by atoms with Crippen LogP contribution in [0.3, 0.4) is 0 Å². The van der Waals surface area contributed by atoms with Crippen LogP contribution in [0.15, 0.2) is 54.4 Å². The maximum Gasteiger partial charge on any atom is 0.348 e. The Bertz CT molecular complexity index is 696. The van der Waals surface area contributed by atoms with Gasteiger partial charge in [-0.2, -0.15) is 5.26 Å². The lowest BCUT2D eigenvalue weighted by Gasteiger charge is -2.02. The highest BCUT2D eigenvalue weighted by atomic mass is 16.6. The first-order valence-electron chi connectivity index (χ1n) is 6.76. The highest BCUT2D eigenvalue weighted by molar-refractivity contribution is 5.97. The van der Waals surface area contributed by atoms with E-state index in [0.717, 1.165) is 11.3 Å². The van der Waals surface area contributed by atoms with Crippen molar-refractivity contribution in [1.82, 2.24) is 4.57 Å². The smallest absolute Gasteiger partial charge is 0.348 e. The predicted octanol–water partition coefficient (Wildman–Crippen LogP) is 2.57. The van der Waals surface area contributed by atoms with Crippen LogP contribution in [0.4, 0.5) is 0 Å². The van der Waals surface area contributed by atoms with Crippen molar-refractivity contribution in [3.63, 3.8) is 0 Å². The van der Waals surface area contributed by atoms with Crippen molar-refractivity contribution in [2.75, 3.05) is 20.3 Å². The van der Waals surface area contributed by atoms with E-state index in [1.807, 2.05) is 59.4 Å². The van der Waals surface area contributed by atoms with Gasteiger partial charge in [-0.3, -0.25) is 0 Å². The Morgan fingerprint density at radius 2 is 2.05 bits per heavy atom. The van der Waals surface area contributed by atoms with Gasteiger partial charge >= 0.3 is 5.97 Å². The number of hydrogen-bond donors (Lipinski definition) is 0. The first-order valence-corrected chi connectivity index (χ1v) is 6.76. The summed E-state index contributed by atoms with van der Waals surface area (Å²) in [6.45, 7) is 0.425. The van der Waals surface area contributed by atoms with Crippen molar-refractivity contribution in [3.05, 3.63) is 59.9 Å². The predicted molar refractivity (Wildman–Crippen MR) is 82.2 cm³/mol. The van der Waals surface area contributed by atoms with Crippen LogP contribution >= 0.6 is 0 Å². The zero-order valence-electron chi connectivity index (χ0n) is 12.2. The molecule has 0 spiro atoms. The molecule has 2 aromatic rings. The Balaban J connectivity index is 2.12. The fourth-order valence-electron chi connectivity index (χ4n) is 1.86. The number of aromatic nitrogens is 1. The van der Waals surface area contributed by atoms with Gasteiger partial charge < -0.3 is 14.0 Å². The van der Waals surface area contributed by atoms with Crippen LogP contribution in [-0.4, -0.2) is 30.9 Å². The van der Waals surface area contributed by atoms with E-state index in [0.29, 0.717) is 6.61 Å². The Morgan fingerprint density at radius 3 is 2.73 bits per heavy atom. The summed E-state index contributed by atoms with van der Waals surface area (Å²) in [5, 5.41) is 9.08. The lowest BCUT2D eigenvalue weighted by atomic mass is 10.2. The summed E-state index contributed by atoms with van der Waals surface area (Å²) in [6, 6.07) is 13.5. The van der Waals surface area contributed by atoms with Crippen LogP contribution in [0.2, 0.25) is 0 Å². The van der Waals surface area contributed by atoms with E-state index < -0.39 is 5.97 Å². The second-order valence-corrected chi connectivity index (χ2v) is 4.49. The molecule has 0 aliphatic heterocycles. The number of nitriles is 1. The van der Waals surface area contributed by atoms with Gasteiger partial charge in [-0.1, -0.05) is 18.2 Å². The van der Waals surface area contributed by atoms with Crippen LogP contribution in [-0.2, 0) is 14.3 Å². The van der Waals surface area contributed by atoms with Crippen LogP contribution in [0.5, 0.6) is 0 Å². The van der Waals surface area contributed by atoms with Crippen LogP contribution in [0.1, 0.15) is 5.56 Å². The topological polar surface area (TPSA) is 64.2 Å². The Morgan fingerprint density at radius 1 is 1.27 bits per heavy atom. The lowest BCUT2D eigenvalue weighted by molar-refractivity contribution is -0.139. The number of nitrogens with zero attached hydrogens (tertiary/aromatic N) is 2. The molecule has 1 heterocycles. The number of esters is 1. The molecule has 5 nitrogen and oxygen atoms in total. The molecule has 0 unspecified atom stereocenters. The van der Waals surface area contributed by atoms with Crippen molar-refractivity contribution < 1.29 is 14.3 Å². The number of ether oxygens (including phenoxy) is 2. The highest BCUT2D eigenvalue weighted by Crippen LogP contribution is 2.13. The average Bonchev–Trinajstić information content (AvgIpc) is 3.02. The fraction of sp³-hybridized carbons (Fsp3) is 0.176. The number of benzene rings is 1. The summed E-state index contributed by atoms with van der Waals surface area (Å²) in [6.07, 6.45) is 5.22. The lowest BCUT2D eigenvalue weighted by Crippen LogP contribution is -2.11. The molecule has 0 saturated carbocycles. The van der Waals surface area contributed by atoms with Crippen LogP contribution in [0.25, 0.3) is 11.8 Å². The van der Waals surface area contributed by atoms with Crippen molar-refractivity contribution in [1.29, 1.82) is 5.26 Å². The quantitative estimate of drug-likeness (QED) is 0.356. The zero-order chi connectivity index (χ0) is 15.8. The summed E-state index contributed by atoms with van der Waals surface area (Å²) in [7, 11) is 1.52. The molecule has 112 valence electrons. The van der Waals surface area contributed by atoms with Crippen molar-refractivity contribution in [2.24, 2.45) is 0 Å². The number of rotatable bonds is 6. The number of carbonyl (C=O) groups excluding carboxylic acids is 1. The van der Waals surface area contributed by atoms with E-state index in [4.69, 9.17) is 14.7 Å². The molecular weight excluding hydrogens is 280 g/mol. The van der Waals surface area contributed by atoms with Gasteiger partial charge in [-0.25, -0.2) is 4.79 Å². The number of methoxy groups -OCH3 is 1. The van der Waals surface area contributed by atoms with Crippen LogP contribution in [0, 0.1) is 11.3 Å². The zero-order valence-corrected chi connectivity index (χ0v) is 12.2. The molecular formula is C17H16N2O3.